The number of halogens is 1. The van der Waals surface area contributed by atoms with Gasteiger partial charge in [0.05, 0.1) is 6.21 Å². The first-order chi connectivity index (χ1) is 7.36. The van der Waals surface area contributed by atoms with Crippen molar-refractivity contribution in [3.05, 3.63) is 34.3 Å². The zero-order valence-electron chi connectivity index (χ0n) is 8.69. The molecule has 2 rings (SSSR count). The molecule has 0 aliphatic carbocycles. The maximum absolute atomic E-state index is 4.49. The van der Waals surface area contributed by atoms with Crippen LogP contribution in [0.3, 0.4) is 0 Å². The van der Waals surface area contributed by atoms with Crippen LogP contribution in [0, 0.1) is 0 Å². The summed E-state index contributed by atoms with van der Waals surface area (Å²) in [6.07, 6.45) is 5.83. The van der Waals surface area contributed by atoms with Crippen molar-refractivity contribution in [2.45, 2.75) is 19.3 Å². The monoisotopic (exact) mass is 266 g/mol. The fraction of sp³-hybridized carbons (Fsp3) is 0.417. The average Bonchev–Trinajstić information content (AvgIpc) is 2.29. The maximum atomic E-state index is 4.49. The summed E-state index contributed by atoms with van der Waals surface area (Å²) in [7, 11) is 0. The number of piperidine rings is 1. The van der Waals surface area contributed by atoms with Gasteiger partial charge >= 0.3 is 0 Å². The Hall–Kier alpha value is -0.830. The fourth-order valence-corrected chi connectivity index (χ4v) is 2.10. The van der Waals surface area contributed by atoms with Crippen LogP contribution >= 0.6 is 15.9 Å². The van der Waals surface area contributed by atoms with Crippen molar-refractivity contribution in [2.75, 3.05) is 13.1 Å². The number of benzene rings is 1. The quantitative estimate of drug-likeness (QED) is 0.751. The van der Waals surface area contributed by atoms with Gasteiger partial charge in [0, 0.05) is 23.1 Å². The lowest BCUT2D eigenvalue weighted by Crippen LogP contribution is -2.24. The molecule has 0 saturated carbocycles. The molecule has 1 saturated heterocycles. The van der Waals surface area contributed by atoms with Crippen molar-refractivity contribution in [3.63, 3.8) is 0 Å². The van der Waals surface area contributed by atoms with Crippen LogP contribution in [0.25, 0.3) is 0 Å². The number of hydrazone groups is 1. The Morgan fingerprint density at radius 3 is 2.60 bits per heavy atom. The first-order valence-electron chi connectivity index (χ1n) is 5.40. The Morgan fingerprint density at radius 2 is 1.87 bits per heavy atom. The SMILES string of the molecule is Brc1ccccc1C=NN1CCCCC1. The average molecular weight is 267 g/mol. The van der Waals surface area contributed by atoms with Gasteiger partial charge in [0.15, 0.2) is 0 Å². The third kappa shape index (κ3) is 3.06. The molecule has 80 valence electrons. The molecule has 0 unspecified atom stereocenters. The second-order valence-electron chi connectivity index (χ2n) is 3.78. The van der Waals surface area contributed by atoms with Gasteiger partial charge in [-0.25, -0.2) is 0 Å². The van der Waals surface area contributed by atoms with E-state index < -0.39 is 0 Å². The summed E-state index contributed by atoms with van der Waals surface area (Å²) in [6.45, 7) is 2.20. The lowest BCUT2D eigenvalue weighted by molar-refractivity contribution is 0.240. The molecule has 2 nitrogen and oxygen atoms in total. The Bertz CT molecular complexity index is 343. The van der Waals surface area contributed by atoms with Gasteiger partial charge in [-0.3, -0.25) is 5.01 Å². The molecule has 1 aromatic carbocycles. The van der Waals surface area contributed by atoms with Crippen molar-refractivity contribution in [1.29, 1.82) is 0 Å². The molecule has 0 N–H and O–H groups in total. The molecule has 1 aliphatic rings. The van der Waals surface area contributed by atoms with E-state index in [9.17, 15) is 0 Å². The van der Waals surface area contributed by atoms with E-state index >= 15 is 0 Å². The van der Waals surface area contributed by atoms with Crippen LogP contribution in [-0.4, -0.2) is 24.3 Å². The second-order valence-corrected chi connectivity index (χ2v) is 4.63. The lowest BCUT2D eigenvalue weighted by Gasteiger charge is -2.23. The number of nitrogens with zero attached hydrogens (tertiary/aromatic N) is 2. The van der Waals surface area contributed by atoms with Crippen LogP contribution in [0.15, 0.2) is 33.8 Å². The van der Waals surface area contributed by atoms with Crippen LogP contribution in [0.5, 0.6) is 0 Å². The van der Waals surface area contributed by atoms with E-state index in [4.69, 9.17) is 0 Å². The molecular weight excluding hydrogens is 252 g/mol. The molecule has 1 aliphatic heterocycles. The second kappa shape index (κ2) is 5.31. The van der Waals surface area contributed by atoms with Crippen LogP contribution in [0.1, 0.15) is 24.8 Å². The molecule has 0 amide bonds. The van der Waals surface area contributed by atoms with Gasteiger partial charge in [-0.2, -0.15) is 5.10 Å². The molecule has 1 aromatic rings. The third-order valence-corrected chi connectivity index (χ3v) is 3.32. The normalized spacial score (nSPS) is 17.3. The summed E-state index contributed by atoms with van der Waals surface area (Å²) in [4.78, 5) is 0. The van der Waals surface area contributed by atoms with E-state index in [1.165, 1.54) is 19.3 Å². The molecule has 0 bridgehead atoms. The number of hydrogen-bond donors (Lipinski definition) is 0. The number of hydrogen-bond acceptors (Lipinski definition) is 2. The van der Waals surface area contributed by atoms with Gasteiger partial charge in [0.1, 0.15) is 0 Å². The Balaban J connectivity index is 2.01. The first kappa shape index (κ1) is 10.7. The minimum atomic E-state index is 1.10. The summed E-state index contributed by atoms with van der Waals surface area (Å²) in [5, 5.41) is 6.65. The summed E-state index contributed by atoms with van der Waals surface area (Å²) >= 11 is 3.51. The Morgan fingerprint density at radius 1 is 1.13 bits per heavy atom. The highest BCUT2D eigenvalue weighted by atomic mass is 79.9. The summed E-state index contributed by atoms with van der Waals surface area (Å²) in [5.41, 5.74) is 1.14. The fourth-order valence-electron chi connectivity index (χ4n) is 1.72. The van der Waals surface area contributed by atoms with E-state index in [1.54, 1.807) is 0 Å². The van der Waals surface area contributed by atoms with Crippen LogP contribution in [-0.2, 0) is 0 Å². The van der Waals surface area contributed by atoms with Crippen LogP contribution in [0.2, 0.25) is 0 Å². The summed E-state index contributed by atoms with van der Waals surface area (Å²) in [5.74, 6) is 0. The van der Waals surface area contributed by atoms with E-state index in [0.717, 1.165) is 23.1 Å². The molecule has 0 atom stereocenters. The topological polar surface area (TPSA) is 15.6 Å². The molecular formula is C12H15BrN2. The number of rotatable bonds is 2. The highest BCUT2D eigenvalue weighted by Crippen LogP contribution is 2.14. The summed E-state index contributed by atoms with van der Waals surface area (Å²) in [6, 6.07) is 8.15. The molecule has 3 heteroatoms. The molecule has 1 fully saturated rings. The van der Waals surface area contributed by atoms with Crippen LogP contribution < -0.4 is 0 Å². The lowest BCUT2D eigenvalue weighted by atomic mass is 10.2. The van der Waals surface area contributed by atoms with E-state index in [1.807, 2.05) is 24.4 Å². The van der Waals surface area contributed by atoms with Crippen molar-refractivity contribution in [1.82, 2.24) is 5.01 Å². The van der Waals surface area contributed by atoms with Gasteiger partial charge in [-0.05, 0) is 25.3 Å². The van der Waals surface area contributed by atoms with E-state index in [2.05, 4.69) is 32.1 Å². The molecule has 0 radical (unpaired) electrons. The predicted molar refractivity (Wildman–Crippen MR) is 67.2 cm³/mol. The van der Waals surface area contributed by atoms with E-state index in [0.29, 0.717) is 0 Å². The zero-order chi connectivity index (χ0) is 10.5. The third-order valence-electron chi connectivity index (χ3n) is 2.60. The first-order valence-corrected chi connectivity index (χ1v) is 6.19. The van der Waals surface area contributed by atoms with Crippen molar-refractivity contribution in [2.24, 2.45) is 5.10 Å². The zero-order valence-corrected chi connectivity index (χ0v) is 10.3. The highest BCUT2D eigenvalue weighted by molar-refractivity contribution is 9.10. The van der Waals surface area contributed by atoms with Crippen molar-refractivity contribution in [3.8, 4) is 0 Å². The molecule has 0 aromatic heterocycles. The van der Waals surface area contributed by atoms with Gasteiger partial charge in [0.25, 0.3) is 0 Å². The van der Waals surface area contributed by atoms with Crippen LogP contribution in [0.4, 0.5) is 0 Å². The largest absolute Gasteiger partial charge is 0.297 e. The highest BCUT2D eigenvalue weighted by Gasteiger charge is 2.06. The molecule has 0 spiro atoms. The maximum Gasteiger partial charge on any atom is 0.0554 e. The minimum Gasteiger partial charge on any atom is -0.297 e. The predicted octanol–water partition coefficient (Wildman–Crippen LogP) is 3.27. The molecule has 15 heavy (non-hydrogen) atoms. The smallest absolute Gasteiger partial charge is 0.0554 e. The van der Waals surface area contributed by atoms with E-state index in [-0.39, 0.29) is 0 Å². The van der Waals surface area contributed by atoms with Crippen molar-refractivity contribution >= 4 is 22.1 Å². The van der Waals surface area contributed by atoms with Crippen molar-refractivity contribution < 1.29 is 0 Å². The summed E-state index contributed by atoms with van der Waals surface area (Å²) < 4.78 is 1.10. The van der Waals surface area contributed by atoms with Gasteiger partial charge in [-0.15, -0.1) is 0 Å². The minimum absolute atomic E-state index is 1.10. The van der Waals surface area contributed by atoms with Gasteiger partial charge in [0.2, 0.25) is 0 Å². The standard InChI is InChI=1S/C12H15BrN2/c13-12-7-3-2-6-11(12)10-14-15-8-4-1-5-9-15/h2-3,6-7,10H,1,4-5,8-9H2. The van der Waals surface area contributed by atoms with Gasteiger partial charge < -0.3 is 0 Å². The Kier molecular flexibility index (Phi) is 3.78. The van der Waals surface area contributed by atoms with Gasteiger partial charge in [-0.1, -0.05) is 34.1 Å². The Labute approximate surface area is 99.1 Å². The molecule has 1 heterocycles.